The SMILES string of the molecule is CCc1ccccc1N(C(=O)C(F)(F)F)C(C(=O)NC1CCCCC1)c1ccc(C)s1. The van der Waals surface area contributed by atoms with E-state index in [2.05, 4.69) is 5.32 Å². The molecule has 8 heteroatoms. The van der Waals surface area contributed by atoms with Gasteiger partial charge in [-0.1, -0.05) is 44.4 Å². The standard InChI is InChI=1S/C23H27F3N2O2S/c1-3-16-9-7-8-12-18(16)28(22(30)23(24,25)26)20(19-14-13-15(2)31-19)21(29)27-17-10-5-4-6-11-17/h7-9,12-14,17,20H,3-6,10-11H2,1-2H3,(H,27,29). The predicted octanol–water partition coefficient (Wildman–Crippen LogP) is 5.70. The van der Waals surface area contributed by atoms with Gasteiger partial charge in [0.05, 0.1) is 0 Å². The van der Waals surface area contributed by atoms with Crippen LogP contribution < -0.4 is 10.2 Å². The zero-order valence-corrected chi connectivity index (χ0v) is 18.5. The molecule has 4 nitrogen and oxygen atoms in total. The van der Waals surface area contributed by atoms with Crippen molar-refractivity contribution in [3.8, 4) is 0 Å². The van der Waals surface area contributed by atoms with Gasteiger partial charge in [-0.15, -0.1) is 11.3 Å². The number of aryl methyl sites for hydroxylation is 2. The first-order valence-corrected chi connectivity index (χ1v) is 11.4. The smallest absolute Gasteiger partial charge is 0.351 e. The van der Waals surface area contributed by atoms with Crippen LogP contribution in [0.5, 0.6) is 0 Å². The van der Waals surface area contributed by atoms with Crippen LogP contribution >= 0.6 is 11.3 Å². The van der Waals surface area contributed by atoms with E-state index in [0.29, 0.717) is 21.8 Å². The number of thiophene rings is 1. The molecule has 1 aliphatic rings. The van der Waals surface area contributed by atoms with Crippen molar-refractivity contribution in [2.75, 3.05) is 4.90 Å². The highest BCUT2D eigenvalue weighted by Gasteiger charge is 2.48. The first kappa shape index (κ1) is 23.3. The summed E-state index contributed by atoms with van der Waals surface area (Å²) in [6.45, 7) is 3.63. The van der Waals surface area contributed by atoms with Crippen molar-refractivity contribution in [3.05, 3.63) is 51.7 Å². The van der Waals surface area contributed by atoms with Crippen LogP contribution in [0.4, 0.5) is 18.9 Å². The van der Waals surface area contributed by atoms with E-state index in [-0.39, 0.29) is 11.7 Å². The number of para-hydroxylation sites is 1. The molecular weight excluding hydrogens is 425 g/mol. The Labute approximate surface area is 184 Å². The Bertz CT molecular complexity index is 920. The maximum Gasteiger partial charge on any atom is 0.471 e. The first-order chi connectivity index (χ1) is 14.7. The predicted molar refractivity (Wildman–Crippen MR) is 116 cm³/mol. The molecule has 0 saturated heterocycles. The molecule has 1 atom stereocenters. The highest BCUT2D eigenvalue weighted by molar-refractivity contribution is 7.12. The number of alkyl halides is 3. The van der Waals surface area contributed by atoms with Crippen LogP contribution in [0.2, 0.25) is 0 Å². The van der Waals surface area contributed by atoms with Crippen molar-refractivity contribution in [2.24, 2.45) is 0 Å². The van der Waals surface area contributed by atoms with Crippen molar-refractivity contribution in [3.63, 3.8) is 0 Å². The zero-order valence-electron chi connectivity index (χ0n) is 17.7. The molecule has 1 aromatic heterocycles. The minimum absolute atomic E-state index is 0.0888. The van der Waals surface area contributed by atoms with Gasteiger partial charge < -0.3 is 5.32 Å². The van der Waals surface area contributed by atoms with E-state index in [0.717, 1.165) is 37.0 Å². The topological polar surface area (TPSA) is 49.4 Å². The van der Waals surface area contributed by atoms with Gasteiger partial charge in [-0.05, 0) is 49.9 Å². The quantitative estimate of drug-likeness (QED) is 0.611. The lowest BCUT2D eigenvalue weighted by Gasteiger charge is -2.34. The van der Waals surface area contributed by atoms with Crippen molar-refractivity contribution >= 4 is 28.8 Å². The van der Waals surface area contributed by atoms with Gasteiger partial charge in [0.1, 0.15) is 0 Å². The molecule has 1 heterocycles. The van der Waals surface area contributed by atoms with E-state index >= 15 is 0 Å². The Morgan fingerprint density at radius 2 is 1.81 bits per heavy atom. The number of hydrogen-bond donors (Lipinski definition) is 1. The molecule has 0 bridgehead atoms. The van der Waals surface area contributed by atoms with Gasteiger partial charge >= 0.3 is 12.1 Å². The molecule has 0 aliphatic heterocycles. The molecule has 2 amide bonds. The summed E-state index contributed by atoms with van der Waals surface area (Å²) in [7, 11) is 0. The van der Waals surface area contributed by atoms with E-state index in [1.165, 1.54) is 17.4 Å². The fraction of sp³-hybridized carbons (Fsp3) is 0.478. The van der Waals surface area contributed by atoms with Crippen LogP contribution in [0.1, 0.15) is 60.4 Å². The summed E-state index contributed by atoms with van der Waals surface area (Å²) < 4.78 is 41.1. The maximum absolute atomic E-state index is 13.7. The number of anilines is 1. The second-order valence-corrected chi connectivity index (χ2v) is 9.17. The van der Waals surface area contributed by atoms with Gasteiger partial charge in [0, 0.05) is 21.5 Å². The van der Waals surface area contributed by atoms with Gasteiger partial charge in [-0.25, -0.2) is 0 Å². The number of halogens is 3. The summed E-state index contributed by atoms with van der Waals surface area (Å²) in [4.78, 5) is 28.0. The third kappa shape index (κ3) is 5.47. The molecule has 1 aromatic carbocycles. The van der Waals surface area contributed by atoms with Crippen LogP contribution in [0, 0.1) is 6.92 Å². The number of benzene rings is 1. The molecule has 1 saturated carbocycles. The fourth-order valence-corrected chi connectivity index (χ4v) is 5.02. The molecule has 168 valence electrons. The first-order valence-electron chi connectivity index (χ1n) is 10.6. The monoisotopic (exact) mass is 452 g/mol. The lowest BCUT2D eigenvalue weighted by atomic mass is 9.95. The number of carbonyl (C=O) groups excluding carboxylic acids is 2. The summed E-state index contributed by atoms with van der Waals surface area (Å²) >= 11 is 1.23. The molecule has 1 N–H and O–H groups in total. The Balaban J connectivity index is 2.10. The van der Waals surface area contributed by atoms with E-state index in [9.17, 15) is 22.8 Å². The maximum atomic E-state index is 13.7. The molecule has 1 aliphatic carbocycles. The Kier molecular flexibility index (Phi) is 7.41. The highest BCUT2D eigenvalue weighted by Crippen LogP contribution is 2.37. The van der Waals surface area contributed by atoms with E-state index in [1.54, 1.807) is 30.3 Å². The average Bonchev–Trinajstić information content (AvgIpc) is 3.17. The number of nitrogens with one attached hydrogen (secondary N) is 1. The van der Waals surface area contributed by atoms with Crippen LogP contribution in [0.3, 0.4) is 0 Å². The van der Waals surface area contributed by atoms with Gasteiger partial charge in [0.2, 0.25) is 5.91 Å². The molecular formula is C23H27F3N2O2S. The number of hydrogen-bond acceptors (Lipinski definition) is 3. The largest absolute Gasteiger partial charge is 0.471 e. The van der Waals surface area contributed by atoms with Crippen LogP contribution in [-0.2, 0) is 16.0 Å². The summed E-state index contributed by atoms with van der Waals surface area (Å²) in [5.41, 5.74) is 0.686. The molecule has 0 radical (unpaired) electrons. The third-order valence-electron chi connectivity index (χ3n) is 5.58. The second kappa shape index (κ2) is 9.85. The molecule has 2 aromatic rings. The molecule has 31 heavy (non-hydrogen) atoms. The lowest BCUT2D eigenvalue weighted by molar-refractivity contribution is -0.171. The number of carbonyl (C=O) groups is 2. The molecule has 1 unspecified atom stereocenters. The van der Waals surface area contributed by atoms with Crippen LogP contribution in [0.25, 0.3) is 0 Å². The van der Waals surface area contributed by atoms with Crippen molar-refractivity contribution in [1.82, 2.24) is 5.32 Å². The van der Waals surface area contributed by atoms with Crippen LogP contribution in [-0.4, -0.2) is 24.0 Å². The van der Waals surface area contributed by atoms with E-state index < -0.39 is 24.0 Å². The molecule has 3 rings (SSSR count). The Morgan fingerprint density at radius 3 is 2.39 bits per heavy atom. The third-order valence-corrected chi connectivity index (χ3v) is 6.64. The Hall–Kier alpha value is -2.35. The molecule has 1 fully saturated rings. The van der Waals surface area contributed by atoms with Gasteiger partial charge in [0.15, 0.2) is 6.04 Å². The average molecular weight is 453 g/mol. The van der Waals surface area contributed by atoms with Crippen molar-refractivity contribution in [1.29, 1.82) is 0 Å². The summed E-state index contributed by atoms with van der Waals surface area (Å²) in [5.74, 6) is -2.61. The highest BCUT2D eigenvalue weighted by atomic mass is 32.1. The zero-order chi connectivity index (χ0) is 22.6. The number of rotatable bonds is 6. The minimum atomic E-state index is -5.11. The van der Waals surface area contributed by atoms with Gasteiger partial charge in [-0.2, -0.15) is 13.2 Å². The van der Waals surface area contributed by atoms with Crippen molar-refractivity contribution < 1.29 is 22.8 Å². The normalized spacial score (nSPS) is 16.0. The minimum Gasteiger partial charge on any atom is -0.351 e. The van der Waals surface area contributed by atoms with Gasteiger partial charge in [0.25, 0.3) is 0 Å². The van der Waals surface area contributed by atoms with Crippen molar-refractivity contribution in [2.45, 2.75) is 70.6 Å². The molecule has 0 spiro atoms. The second-order valence-electron chi connectivity index (χ2n) is 7.85. The lowest BCUT2D eigenvalue weighted by Crippen LogP contribution is -2.50. The summed E-state index contributed by atoms with van der Waals surface area (Å²) in [5, 5.41) is 2.93. The van der Waals surface area contributed by atoms with Crippen LogP contribution in [0.15, 0.2) is 36.4 Å². The summed E-state index contributed by atoms with van der Waals surface area (Å²) in [6, 6.07) is 8.37. The number of nitrogens with zero attached hydrogens (tertiary/aromatic N) is 1. The summed E-state index contributed by atoms with van der Waals surface area (Å²) in [6.07, 6.45) is -0.0756. The number of amides is 2. The Morgan fingerprint density at radius 1 is 1.13 bits per heavy atom. The van der Waals surface area contributed by atoms with E-state index in [4.69, 9.17) is 0 Å². The fourth-order valence-electron chi connectivity index (χ4n) is 4.05. The van der Waals surface area contributed by atoms with Gasteiger partial charge in [-0.3, -0.25) is 14.5 Å². The van der Waals surface area contributed by atoms with E-state index in [1.807, 2.05) is 13.8 Å².